The maximum atomic E-state index is 12.9. The van der Waals surface area contributed by atoms with Gasteiger partial charge in [-0.15, -0.1) is 12.4 Å². The Labute approximate surface area is 142 Å². The molecule has 5 nitrogen and oxygen atoms in total. The van der Waals surface area contributed by atoms with Gasteiger partial charge in [0, 0.05) is 32.0 Å². The predicted octanol–water partition coefficient (Wildman–Crippen LogP) is 2.31. The molecule has 0 unspecified atom stereocenters. The van der Waals surface area contributed by atoms with Gasteiger partial charge in [0.1, 0.15) is 11.9 Å². The fourth-order valence-corrected chi connectivity index (χ4v) is 2.46. The molecule has 1 aromatic carbocycles. The normalized spacial score (nSPS) is 16.8. The van der Waals surface area contributed by atoms with E-state index in [0.717, 1.165) is 6.07 Å². The number of likely N-dealkylation sites (tertiary alicyclic amines) is 1. The van der Waals surface area contributed by atoms with Crippen LogP contribution in [0.3, 0.4) is 0 Å². The zero-order chi connectivity index (χ0) is 16.3. The van der Waals surface area contributed by atoms with E-state index < -0.39 is 11.9 Å². The highest BCUT2D eigenvalue weighted by molar-refractivity contribution is 5.85. The second-order valence-electron chi connectivity index (χ2n) is 6.02. The van der Waals surface area contributed by atoms with Gasteiger partial charge in [-0.05, 0) is 18.1 Å². The first-order valence-corrected chi connectivity index (χ1v) is 7.58. The quantitative estimate of drug-likeness (QED) is 0.877. The summed E-state index contributed by atoms with van der Waals surface area (Å²) in [5.74, 6) is -0.367. The van der Waals surface area contributed by atoms with Gasteiger partial charge >= 0.3 is 0 Å². The third-order valence-electron chi connectivity index (χ3n) is 3.97. The summed E-state index contributed by atoms with van der Waals surface area (Å²) < 4.78 is 18.6. The molecule has 1 saturated heterocycles. The maximum absolute atomic E-state index is 12.9. The highest BCUT2D eigenvalue weighted by Crippen LogP contribution is 2.29. The van der Waals surface area contributed by atoms with E-state index >= 15 is 0 Å². The summed E-state index contributed by atoms with van der Waals surface area (Å²) in [6, 6.07) is 3.21. The minimum Gasteiger partial charge on any atom is -0.504 e. The van der Waals surface area contributed by atoms with Crippen LogP contribution in [0.25, 0.3) is 0 Å². The number of hydrogen-bond donors (Lipinski definition) is 2. The first-order valence-electron chi connectivity index (χ1n) is 7.58. The summed E-state index contributed by atoms with van der Waals surface area (Å²) >= 11 is 0. The zero-order valence-electron chi connectivity index (χ0n) is 13.4. The van der Waals surface area contributed by atoms with Crippen molar-refractivity contribution < 1.29 is 19.0 Å². The Morgan fingerprint density at radius 1 is 1.39 bits per heavy atom. The molecular formula is C16H24ClFN2O3. The molecule has 1 heterocycles. The standard InChI is InChI=1S/C16H23FN2O3.ClH/c1-10(2)15(18)16(21)19-7-5-12(6-8-19)22-14-4-3-11(17)9-13(14)20;/h3-4,9-10,12,15,20H,5-8,18H2,1-2H3;1H/t15-;/m0./s1. The number of carbonyl (C=O) groups excluding carboxylic acids is 1. The van der Waals surface area contributed by atoms with Crippen LogP contribution >= 0.6 is 12.4 Å². The lowest BCUT2D eigenvalue weighted by molar-refractivity contribution is -0.135. The van der Waals surface area contributed by atoms with Crippen molar-refractivity contribution in [3.05, 3.63) is 24.0 Å². The van der Waals surface area contributed by atoms with E-state index in [2.05, 4.69) is 0 Å². The number of phenols is 1. The topological polar surface area (TPSA) is 75.8 Å². The Bertz CT molecular complexity index is 534. The van der Waals surface area contributed by atoms with E-state index in [0.29, 0.717) is 25.9 Å². The summed E-state index contributed by atoms with van der Waals surface area (Å²) in [7, 11) is 0. The van der Waals surface area contributed by atoms with Gasteiger partial charge in [-0.2, -0.15) is 0 Å². The van der Waals surface area contributed by atoms with Crippen molar-refractivity contribution in [2.24, 2.45) is 11.7 Å². The fourth-order valence-electron chi connectivity index (χ4n) is 2.46. The number of nitrogens with two attached hydrogens (primary N) is 1. The van der Waals surface area contributed by atoms with Crippen LogP contribution in [0.5, 0.6) is 11.5 Å². The molecule has 2 rings (SSSR count). The Morgan fingerprint density at radius 2 is 2.00 bits per heavy atom. The van der Waals surface area contributed by atoms with Crippen molar-refractivity contribution in [1.29, 1.82) is 0 Å². The number of hydrogen-bond acceptors (Lipinski definition) is 4. The molecular weight excluding hydrogens is 323 g/mol. The third-order valence-corrected chi connectivity index (χ3v) is 3.97. The molecule has 3 N–H and O–H groups in total. The van der Waals surface area contributed by atoms with Crippen molar-refractivity contribution in [2.75, 3.05) is 13.1 Å². The van der Waals surface area contributed by atoms with Crippen LogP contribution in [0.15, 0.2) is 18.2 Å². The van der Waals surface area contributed by atoms with Gasteiger partial charge < -0.3 is 20.5 Å². The molecule has 1 amide bonds. The molecule has 0 aliphatic carbocycles. The second kappa shape index (κ2) is 8.36. The van der Waals surface area contributed by atoms with Crippen LogP contribution in [0.1, 0.15) is 26.7 Å². The molecule has 1 fully saturated rings. The Balaban J connectivity index is 0.00000264. The minimum absolute atomic E-state index is 0. The van der Waals surface area contributed by atoms with Crippen LogP contribution < -0.4 is 10.5 Å². The molecule has 0 spiro atoms. The monoisotopic (exact) mass is 346 g/mol. The summed E-state index contributed by atoms with van der Waals surface area (Å²) in [5.41, 5.74) is 5.89. The van der Waals surface area contributed by atoms with Gasteiger partial charge in [0.05, 0.1) is 6.04 Å². The van der Waals surface area contributed by atoms with E-state index in [9.17, 15) is 14.3 Å². The van der Waals surface area contributed by atoms with Crippen molar-refractivity contribution in [2.45, 2.75) is 38.8 Å². The lowest BCUT2D eigenvalue weighted by Crippen LogP contribution is -2.50. The Kier molecular flexibility index (Phi) is 7.09. The second-order valence-corrected chi connectivity index (χ2v) is 6.02. The summed E-state index contributed by atoms with van der Waals surface area (Å²) in [6.45, 7) is 5.00. The molecule has 0 bridgehead atoms. The number of halogens is 2. The number of benzene rings is 1. The number of rotatable bonds is 4. The highest BCUT2D eigenvalue weighted by Gasteiger charge is 2.28. The molecule has 1 atom stereocenters. The molecule has 1 aliphatic rings. The van der Waals surface area contributed by atoms with Crippen molar-refractivity contribution in [1.82, 2.24) is 4.90 Å². The van der Waals surface area contributed by atoms with Gasteiger partial charge in [0.2, 0.25) is 5.91 Å². The molecule has 0 aromatic heterocycles. The van der Waals surface area contributed by atoms with Crippen LogP contribution in [0.2, 0.25) is 0 Å². The van der Waals surface area contributed by atoms with E-state index in [4.69, 9.17) is 10.5 Å². The average Bonchev–Trinajstić information content (AvgIpc) is 2.49. The van der Waals surface area contributed by atoms with Gasteiger partial charge in [-0.25, -0.2) is 4.39 Å². The van der Waals surface area contributed by atoms with Gasteiger partial charge in [0.25, 0.3) is 0 Å². The minimum atomic E-state index is -0.507. The first kappa shape index (κ1) is 19.5. The van der Waals surface area contributed by atoms with E-state index in [-0.39, 0.29) is 41.8 Å². The molecule has 130 valence electrons. The molecule has 7 heteroatoms. The van der Waals surface area contributed by atoms with Gasteiger partial charge in [-0.3, -0.25) is 4.79 Å². The number of carbonyl (C=O) groups is 1. The van der Waals surface area contributed by atoms with Crippen molar-refractivity contribution >= 4 is 18.3 Å². The largest absolute Gasteiger partial charge is 0.504 e. The smallest absolute Gasteiger partial charge is 0.239 e. The van der Waals surface area contributed by atoms with Gasteiger partial charge in [-0.1, -0.05) is 13.8 Å². The number of ether oxygens (including phenoxy) is 1. The molecule has 1 aromatic rings. The SMILES string of the molecule is CC(C)[C@H](N)C(=O)N1CCC(Oc2ccc(F)cc2O)CC1.Cl. The van der Waals surface area contributed by atoms with Crippen LogP contribution in [0, 0.1) is 11.7 Å². The molecule has 1 aliphatic heterocycles. The first-order chi connectivity index (χ1) is 10.4. The lowest BCUT2D eigenvalue weighted by atomic mass is 10.0. The number of amides is 1. The van der Waals surface area contributed by atoms with Crippen LogP contribution in [0.4, 0.5) is 4.39 Å². The Morgan fingerprint density at radius 3 is 2.52 bits per heavy atom. The zero-order valence-corrected chi connectivity index (χ0v) is 14.2. The van der Waals surface area contributed by atoms with Crippen molar-refractivity contribution in [3.8, 4) is 11.5 Å². The molecule has 0 radical (unpaired) electrons. The van der Waals surface area contributed by atoms with Crippen molar-refractivity contribution in [3.63, 3.8) is 0 Å². The Hall–Kier alpha value is -1.53. The predicted molar refractivity (Wildman–Crippen MR) is 88.4 cm³/mol. The van der Waals surface area contributed by atoms with Crippen LogP contribution in [-0.2, 0) is 4.79 Å². The van der Waals surface area contributed by atoms with E-state index in [1.807, 2.05) is 13.8 Å². The third kappa shape index (κ3) is 4.97. The highest BCUT2D eigenvalue weighted by atomic mass is 35.5. The molecule has 23 heavy (non-hydrogen) atoms. The lowest BCUT2D eigenvalue weighted by Gasteiger charge is -2.34. The van der Waals surface area contributed by atoms with E-state index in [1.54, 1.807) is 4.90 Å². The number of nitrogens with zero attached hydrogens (tertiary/aromatic N) is 1. The van der Waals surface area contributed by atoms with Crippen LogP contribution in [-0.4, -0.2) is 41.1 Å². The summed E-state index contributed by atoms with van der Waals surface area (Å²) in [5, 5.41) is 9.65. The van der Waals surface area contributed by atoms with E-state index in [1.165, 1.54) is 12.1 Å². The maximum Gasteiger partial charge on any atom is 0.239 e. The summed E-state index contributed by atoms with van der Waals surface area (Å²) in [4.78, 5) is 13.9. The number of piperidine rings is 1. The number of phenolic OH excluding ortho intramolecular Hbond substituents is 1. The fraction of sp³-hybridized carbons (Fsp3) is 0.562. The average molecular weight is 347 g/mol. The molecule has 0 saturated carbocycles. The summed E-state index contributed by atoms with van der Waals surface area (Å²) in [6.07, 6.45) is 1.22. The number of aromatic hydroxyl groups is 1. The van der Waals surface area contributed by atoms with Gasteiger partial charge in [0.15, 0.2) is 11.5 Å².